The average molecular weight is 292 g/mol. The van der Waals surface area contributed by atoms with Gasteiger partial charge in [-0.05, 0) is 24.7 Å². The van der Waals surface area contributed by atoms with E-state index >= 15 is 0 Å². The molecule has 21 heavy (non-hydrogen) atoms. The minimum atomic E-state index is -0.338. The molecule has 0 aliphatic heterocycles. The summed E-state index contributed by atoms with van der Waals surface area (Å²) in [6.45, 7) is 4.27. The predicted molar refractivity (Wildman–Crippen MR) is 82.4 cm³/mol. The summed E-state index contributed by atoms with van der Waals surface area (Å²) in [5, 5.41) is 5.20. The molecule has 0 unspecified atom stereocenters. The van der Waals surface area contributed by atoms with Crippen molar-refractivity contribution in [2.24, 2.45) is 5.73 Å². The highest BCUT2D eigenvalue weighted by Gasteiger charge is 2.04. The molecule has 1 rings (SSSR count). The van der Waals surface area contributed by atoms with Crippen molar-refractivity contribution >= 4 is 11.8 Å². The Morgan fingerprint density at radius 3 is 2.57 bits per heavy atom. The number of nitrogens with zero attached hydrogens (tertiary/aromatic N) is 1. The van der Waals surface area contributed by atoms with Gasteiger partial charge in [-0.15, -0.1) is 0 Å². The molecule has 0 spiro atoms. The maximum Gasteiger partial charge on any atom is 0.239 e. The Kier molecular flexibility index (Phi) is 7.42. The molecule has 0 aliphatic rings. The highest BCUT2D eigenvalue weighted by molar-refractivity contribution is 5.85. The standard InChI is InChI=1S/C15H24N4O2/c1-3-19(2)11-13-6-4-5-12(7-13)9-17-15(21)10-18-14(20)8-16/h4-7H,3,8-11,16H2,1-2H3,(H,17,21)(H,18,20). The lowest BCUT2D eigenvalue weighted by Gasteiger charge is -2.14. The number of nitrogens with two attached hydrogens (primary N) is 1. The van der Waals surface area contributed by atoms with Crippen LogP contribution in [-0.2, 0) is 22.7 Å². The van der Waals surface area contributed by atoms with Crippen molar-refractivity contribution < 1.29 is 9.59 Å². The Hall–Kier alpha value is -1.92. The smallest absolute Gasteiger partial charge is 0.239 e. The highest BCUT2D eigenvalue weighted by atomic mass is 16.2. The number of carbonyl (C=O) groups excluding carboxylic acids is 2. The third-order valence-corrected chi connectivity index (χ3v) is 3.10. The van der Waals surface area contributed by atoms with Gasteiger partial charge in [0.2, 0.25) is 11.8 Å². The molecule has 1 aromatic rings. The molecule has 6 nitrogen and oxygen atoms in total. The van der Waals surface area contributed by atoms with Gasteiger partial charge in [-0.3, -0.25) is 9.59 Å². The van der Waals surface area contributed by atoms with Crippen molar-refractivity contribution in [3.8, 4) is 0 Å². The van der Waals surface area contributed by atoms with Gasteiger partial charge in [0.05, 0.1) is 13.1 Å². The molecule has 0 aliphatic carbocycles. The summed E-state index contributed by atoms with van der Waals surface area (Å²) in [5.74, 6) is -0.567. The molecule has 4 N–H and O–H groups in total. The second kappa shape index (κ2) is 9.10. The number of hydrogen-bond acceptors (Lipinski definition) is 4. The highest BCUT2D eigenvalue weighted by Crippen LogP contribution is 2.07. The van der Waals surface area contributed by atoms with Crippen LogP contribution >= 0.6 is 0 Å². The normalized spacial score (nSPS) is 10.5. The Morgan fingerprint density at radius 1 is 1.19 bits per heavy atom. The van der Waals surface area contributed by atoms with E-state index in [1.165, 1.54) is 5.56 Å². The zero-order valence-electron chi connectivity index (χ0n) is 12.7. The van der Waals surface area contributed by atoms with Gasteiger partial charge in [0.1, 0.15) is 0 Å². The minimum Gasteiger partial charge on any atom is -0.350 e. The average Bonchev–Trinajstić information content (AvgIpc) is 2.50. The molecule has 0 saturated heterocycles. The van der Waals surface area contributed by atoms with Crippen LogP contribution < -0.4 is 16.4 Å². The van der Waals surface area contributed by atoms with Crippen LogP contribution in [0.2, 0.25) is 0 Å². The Labute approximate surface area is 125 Å². The van der Waals surface area contributed by atoms with Gasteiger partial charge < -0.3 is 21.3 Å². The Morgan fingerprint density at radius 2 is 1.90 bits per heavy atom. The van der Waals surface area contributed by atoms with Gasteiger partial charge in [-0.1, -0.05) is 31.2 Å². The molecular formula is C15H24N4O2. The first-order valence-electron chi connectivity index (χ1n) is 7.05. The molecule has 0 atom stereocenters. The number of nitrogens with one attached hydrogen (secondary N) is 2. The number of hydrogen-bond donors (Lipinski definition) is 3. The van der Waals surface area contributed by atoms with E-state index in [2.05, 4.69) is 41.6 Å². The SMILES string of the molecule is CCN(C)Cc1cccc(CNC(=O)CNC(=O)CN)c1. The van der Waals surface area contributed by atoms with Crippen LogP contribution in [0.5, 0.6) is 0 Å². The summed E-state index contributed by atoms with van der Waals surface area (Å²) in [4.78, 5) is 24.7. The zero-order chi connectivity index (χ0) is 15.7. The van der Waals surface area contributed by atoms with E-state index in [1.807, 2.05) is 12.1 Å². The van der Waals surface area contributed by atoms with Gasteiger partial charge in [0.25, 0.3) is 0 Å². The van der Waals surface area contributed by atoms with Crippen LogP contribution in [0.25, 0.3) is 0 Å². The van der Waals surface area contributed by atoms with E-state index in [9.17, 15) is 9.59 Å². The first kappa shape index (κ1) is 17.1. The summed E-state index contributed by atoms with van der Waals surface area (Å²) in [6, 6.07) is 8.09. The van der Waals surface area contributed by atoms with E-state index in [0.717, 1.165) is 18.7 Å². The fraction of sp³-hybridized carbons (Fsp3) is 0.467. The molecule has 1 aromatic carbocycles. The van der Waals surface area contributed by atoms with E-state index < -0.39 is 0 Å². The number of benzene rings is 1. The summed E-state index contributed by atoms with van der Waals surface area (Å²) in [5.41, 5.74) is 7.39. The van der Waals surface area contributed by atoms with Crippen LogP contribution in [0.15, 0.2) is 24.3 Å². The van der Waals surface area contributed by atoms with Crippen LogP contribution in [0.1, 0.15) is 18.1 Å². The maximum absolute atomic E-state index is 11.6. The lowest BCUT2D eigenvalue weighted by atomic mass is 10.1. The second-order valence-electron chi connectivity index (χ2n) is 4.91. The molecule has 0 saturated carbocycles. The third kappa shape index (κ3) is 6.87. The number of amides is 2. The van der Waals surface area contributed by atoms with Crippen LogP contribution in [-0.4, -0.2) is 43.4 Å². The van der Waals surface area contributed by atoms with Crippen molar-refractivity contribution in [2.45, 2.75) is 20.0 Å². The largest absolute Gasteiger partial charge is 0.350 e. The number of rotatable bonds is 8. The predicted octanol–water partition coefficient (Wildman–Crippen LogP) is -0.171. The molecule has 0 aromatic heterocycles. The molecular weight excluding hydrogens is 268 g/mol. The molecule has 0 heterocycles. The third-order valence-electron chi connectivity index (χ3n) is 3.10. The fourth-order valence-electron chi connectivity index (χ4n) is 1.78. The first-order chi connectivity index (χ1) is 10.0. The summed E-state index contributed by atoms with van der Waals surface area (Å²) in [7, 11) is 2.06. The van der Waals surface area contributed by atoms with Crippen molar-refractivity contribution in [3.05, 3.63) is 35.4 Å². The molecule has 116 valence electrons. The lowest BCUT2D eigenvalue weighted by Crippen LogP contribution is -2.39. The quantitative estimate of drug-likeness (QED) is 0.621. The van der Waals surface area contributed by atoms with Crippen LogP contribution in [0.3, 0.4) is 0 Å². The minimum absolute atomic E-state index is 0.0473. The molecule has 0 fully saturated rings. The second-order valence-corrected chi connectivity index (χ2v) is 4.91. The van der Waals surface area contributed by atoms with Gasteiger partial charge in [0.15, 0.2) is 0 Å². The summed E-state index contributed by atoms with van der Waals surface area (Å²) < 4.78 is 0. The lowest BCUT2D eigenvalue weighted by molar-refractivity contribution is -0.125. The van der Waals surface area contributed by atoms with E-state index in [1.54, 1.807) is 0 Å². The van der Waals surface area contributed by atoms with E-state index in [4.69, 9.17) is 5.73 Å². The molecule has 0 radical (unpaired) electrons. The molecule has 2 amide bonds. The van der Waals surface area contributed by atoms with Crippen molar-refractivity contribution in [2.75, 3.05) is 26.7 Å². The maximum atomic E-state index is 11.6. The van der Waals surface area contributed by atoms with E-state index in [-0.39, 0.29) is 24.9 Å². The van der Waals surface area contributed by atoms with Crippen molar-refractivity contribution in [1.29, 1.82) is 0 Å². The van der Waals surface area contributed by atoms with Gasteiger partial charge in [0, 0.05) is 13.1 Å². The summed E-state index contributed by atoms with van der Waals surface area (Å²) in [6.07, 6.45) is 0. The van der Waals surface area contributed by atoms with Gasteiger partial charge in [-0.25, -0.2) is 0 Å². The first-order valence-corrected chi connectivity index (χ1v) is 7.05. The van der Waals surface area contributed by atoms with Crippen molar-refractivity contribution in [1.82, 2.24) is 15.5 Å². The Bertz CT molecular complexity index is 476. The monoisotopic (exact) mass is 292 g/mol. The number of carbonyl (C=O) groups is 2. The van der Waals surface area contributed by atoms with Gasteiger partial charge >= 0.3 is 0 Å². The molecule has 6 heteroatoms. The molecule has 0 bridgehead atoms. The fourth-order valence-corrected chi connectivity index (χ4v) is 1.78. The van der Waals surface area contributed by atoms with E-state index in [0.29, 0.717) is 6.54 Å². The Balaban J connectivity index is 2.42. The topological polar surface area (TPSA) is 87.5 Å². The van der Waals surface area contributed by atoms with Crippen LogP contribution in [0, 0.1) is 0 Å². The van der Waals surface area contributed by atoms with Gasteiger partial charge in [-0.2, -0.15) is 0 Å². The summed E-state index contributed by atoms with van der Waals surface area (Å²) >= 11 is 0. The van der Waals surface area contributed by atoms with Crippen molar-refractivity contribution in [3.63, 3.8) is 0 Å². The zero-order valence-corrected chi connectivity index (χ0v) is 12.7. The van der Waals surface area contributed by atoms with Crippen LogP contribution in [0.4, 0.5) is 0 Å².